The maximum atomic E-state index is 13.0. The van der Waals surface area contributed by atoms with Crippen LogP contribution in [0.3, 0.4) is 0 Å². The van der Waals surface area contributed by atoms with Crippen molar-refractivity contribution in [2.75, 3.05) is 32.6 Å². The summed E-state index contributed by atoms with van der Waals surface area (Å²) in [6.45, 7) is 3.01. The Hall–Kier alpha value is -3.40. The van der Waals surface area contributed by atoms with Crippen LogP contribution < -0.4 is 4.80 Å². The van der Waals surface area contributed by atoms with Gasteiger partial charge in [0.2, 0.25) is 10.0 Å². The van der Waals surface area contributed by atoms with Crippen LogP contribution in [0.1, 0.15) is 30.1 Å². The molecule has 1 amide bonds. The highest BCUT2D eigenvalue weighted by Gasteiger charge is 2.24. The fourth-order valence-corrected chi connectivity index (χ4v) is 6.91. The lowest BCUT2D eigenvalue weighted by atomic mass is 10.2. The number of amides is 1. The lowest BCUT2D eigenvalue weighted by Gasteiger charge is -2.20. The van der Waals surface area contributed by atoms with E-state index < -0.39 is 25.8 Å². The maximum Gasteiger partial charge on any atom is 0.279 e. The van der Waals surface area contributed by atoms with Gasteiger partial charge in [-0.1, -0.05) is 11.3 Å². The molecule has 2 aromatic carbocycles. The van der Waals surface area contributed by atoms with Gasteiger partial charge in [0.1, 0.15) is 0 Å². The molecule has 0 aliphatic carbocycles. The van der Waals surface area contributed by atoms with Crippen molar-refractivity contribution in [1.82, 2.24) is 8.87 Å². The van der Waals surface area contributed by atoms with Gasteiger partial charge in [0.25, 0.3) is 5.91 Å². The highest BCUT2D eigenvalue weighted by atomic mass is 32.2. The Labute approximate surface area is 231 Å². The summed E-state index contributed by atoms with van der Waals surface area (Å²) in [7, 11) is -7.40. The number of carbonyl (C=O) groups excluding carboxylic acids is 1. The molecule has 0 spiro atoms. The molecule has 0 saturated carbocycles. The number of rotatable bonds is 12. The molecule has 39 heavy (non-hydrogen) atoms. The van der Waals surface area contributed by atoms with Crippen LogP contribution in [-0.4, -0.2) is 64.2 Å². The Morgan fingerprint density at radius 1 is 1.03 bits per heavy atom. The van der Waals surface area contributed by atoms with Crippen molar-refractivity contribution in [3.63, 3.8) is 0 Å². The Balaban J connectivity index is 1.98. The molecular weight excluding hydrogens is 563 g/mol. The predicted octanol–water partition coefficient (Wildman–Crippen LogP) is 2.70. The lowest BCUT2D eigenvalue weighted by molar-refractivity contribution is 0.0996. The zero-order valence-corrected chi connectivity index (χ0v) is 23.9. The summed E-state index contributed by atoms with van der Waals surface area (Å²) >= 11 is 1.16. The van der Waals surface area contributed by atoms with E-state index in [0.29, 0.717) is 34.8 Å². The van der Waals surface area contributed by atoms with Crippen molar-refractivity contribution in [1.29, 1.82) is 10.5 Å². The van der Waals surface area contributed by atoms with Gasteiger partial charge in [-0.15, -0.1) is 0 Å². The maximum absolute atomic E-state index is 13.0. The highest BCUT2D eigenvalue weighted by molar-refractivity contribution is 7.90. The van der Waals surface area contributed by atoms with E-state index in [0.717, 1.165) is 21.9 Å². The molecule has 0 atom stereocenters. The average Bonchev–Trinajstić information content (AvgIpc) is 3.24. The second kappa shape index (κ2) is 13.1. The molecule has 0 aliphatic rings. The van der Waals surface area contributed by atoms with Gasteiger partial charge in [-0.05, 0) is 49.4 Å². The van der Waals surface area contributed by atoms with Crippen LogP contribution in [0, 0.1) is 22.7 Å². The highest BCUT2D eigenvalue weighted by Crippen LogP contribution is 2.22. The topological polar surface area (TPSA) is 163 Å². The molecule has 0 unspecified atom stereocenters. The first-order valence-electron chi connectivity index (χ1n) is 11.9. The van der Waals surface area contributed by atoms with E-state index in [1.807, 2.05) is 19.1 Å². The molecule has 1 aromatic heterocycles. The summed E-state index contributed by atoms with van der Waals surface area (Å²) in [5.41, 5.74) is 0.857. The normalized spacial score (nSPS) is 12.5. The minimum Gasteiger partial charge on any atom is -0.380 e. The fraction of sp³-hybridized carbons (Fsp3) is 0.360. The third-order valence-corrected chi connectivity index (χ3v) is 9.69. The molecule has 3 rings (SSSR count). The molecule has 0 N–H and O–H groups in total. The third kappa shape index (κ3) is 7.38. The fourth-order valence-electron chi connectivity index (χ4n) is 3.66. The molecule has 0 fully saturated rings. The number of hydrogen-bond acceptors (Lipinski definition) is 9. The molecule has 3 aromatic rings. The number of sulfonamides is 1. The number of aromatic nitrogens is 1. The summed E-state index contributed by atoms with van der Waals surface area (Å²) in [5.74, 6) is -0.607. The van der Waals surface area contributed by atoms with Crippen molar-refractivity contribution in [3.8, 4) is 12.1 Å². The number of fused-ring (bicyclic) bond motifs is 1. The first kappa shape index (κ1) is 30.1. The van der Waals surface area contributed by atoms with Gasteiger partial charge in [0.15, 0.2) is 14.6 Å². The van der Waals surface area contributed by atoms with Crippen LogP contribution in [0.15, 0.2) is 57.2 Å². The zero-order chi connectivity index (χ0) is 28.6. The molecule has 0 radical (unpaired) electrons. The number of ether oxygens (including phenoxy) is 1. The molecule has 1 heterocycles. The SMILES string of the molecule is CCOCCn1c(=NC(=O)c2ccc(S(=O)(=O)N(CCC#N)CCC#N)cc2)sc2cc(S(C)(=O)=O)ccc21. The first-order valence-corrected chi connectivity index (χ1v) is 16.0. The van der Waals surface area contributed by atoms with Gasteiger partial charge in [-0.2, -0.15) is 19.8 Å². The monoisotopic (exact) mass is 589 g/mol. The Kier molecular flexibility index (Phi) is 10.1. The van der Waals surface area contributed by atoms with E-state index >= 15 is 0 Å². The van der Waals surface area contributed by atoms with E-state index in [4.69, 9.17) is 15.3 Å². The van der Waals surface area contributed by atoms with Crippen molar-refractivity contribution in [3.05, 3.63) is 52.8 Å². The zero-order valence-electron chi connectivity index (χ0n) is 21.4. The number of nitriles is 2. The number of carbonyl (C=O) groups is 1. The van der Waals surface area contributed by atoms with E-state index in [1.165, 1.54) is 30.3 Å². The van der Waals surface area contributed by atoms with E-state index in [-0.39, 0.29) is 41.3 Å². The van der Waals surface area contributed by atoms with Crippen LogP contribution in [0.5, 0.6) is 0 Å². The van der Waals surface area contributed by atoms with Crippen LogP contribution >= 0.6 is 11.3 Å². The van der Waals surface area contributed by atoms with Crippen molar-refractivity contribution >= 4 is 47.3 Å². The van der Waals surface area contributed by atoms with Crippen LogP contribution in [-0.2, 0) is 31.1 Å². The number of hydrogen-bond donors (Lipinski definition) is 0. The van der Waals surface area contributed by atoms with Gasteiger partial charge < -0.3 is 9.30 Å². The molecule has 206 valence electrons. The predicted molar refractivity (Wildman–Crippen MR) is 145 cm³/mol. The molecule has 0 saturated heterocycles. The quantitative estimate of drug-likeness (QED) is 0.291. The molecule has 14 heteroatoms. The number of benzene rings is 2. The van der Waals surface area contributed by atoms with Crippen LogP contribution in [0.25, 0.3) is 10.2 Å². The summed E-state index contributed by atoms with van der Waals surface area (Å²) in [5, 5.41) is 17.7. The van der Waals surface area contributed by atoms with Crippen LogP contribution in [0.2, 0.25) is 0 Å². The average molecular weight is 590 g/mol. The lowest BCUT2D eigenvalue weighted by Crippen LogP contribution is -2.32. The summed E-state index contributed by atoms with van der Waals surface area (Å²) in [4.78, 5) is 17.7. The number of nitrogens with zero attached hydrogens (tertiary/aromatic N) is 5. The smallest absolute Gasteiger partial charge is 0.279 e. The van der Waals surface area contributed by atoms with Gasteiger partial charge in [-0.25, -0.2) is 16.8 Å². The Bertz CT molecular complexity index is 1690. The number of thiazole rings is 1. The standard InChI is InChI=1S/C25H27N5O6S3/c1-3-36-17-16-30-22-11-10-21(38(2,32)33)18-23(22)37-25(30)28-24(31)19-6-8-20(9-7-19)39(34,35)29(14-4-12-26)15-5-13-27/h6-11,18H,3-5,14-17H2,1-2H3. The molecule has 0 aliphatic heterocycles. The van der Waals surface area contributed by atoms with Crippen molar-refractivity contribution < 1.29 is 26.4 Å². The molecule has 11 nitrogen and oxygen atoms in total. The Morgan fingerprint density at radius 2 is 1.64 bits per heavy atom. The van der Waals surface area contributed by atoms with Gasteiger partial charge in [0.05, 0.1) is 38.8 Å². The Morgan fingerprint density at radius 3 is 2.21 bits per heavy atom. The minimum atomic E-state index is -3.98. The summed E-state index contributed by atoms with van der Waals surface area (Å²) in [6.07, 6.45) is 1.07. The largest absolute Gasteiger partial charge is 0.380 e. The van der Waals surface area contributed by atoms with E-state index in [9.17, 15) is 21.6 Å². The second-order valence-corrected chi connectivity index (χ2v) is 13.3. The van der Waals surface area contributed by atoms with Gasteiger partial charge in [0, 0.05) is 50.9 Å². The third-order valence-electron chi connectivity index (χ3n) is 5.63. The van der Waals surface area contributed by atoms with E-state index in [2.05, 4.69) is 4.99 Å². The summed E-state index contributed by atoms with van der Waals surface area (Å²) in [6, 6.07) is 13.8. The van der Waals surface area contributed by atoms with Crippen molar-refractivity contribution in [2.45, 2.75) is 36.1 Å². The van der Waals surface area contributed by atoms with Crippen LogP contribution in [0.4, 0.5) is 0 Å². The molecule has 0 bridgehead atoms. The van der Waals surface area contributed by atoms with Gasteiger partial charge in [-0.3, -0.25) is 4.79 Å². The molecular formula is C25H27N5O6S3. The number of sulfone groups is 1. The first-order chi connectivity index (χ1) is 18.5. The van der Waals surface area contributed by atoms with Gasteiger partial charge >= 0.3 is 0 Å². The summed E-state index contributed by atoms with van der Waals surface area (Å²) < 4.78 is 59.0. The van der Waals surface area contributed by atoms with Crippen molar-refractivity contribution in [2.24, 2.45) is 4.99 Å². The minimum absolute atomic E-state index is 0.0236. The second-order valence-electron chi connectivity index (χ2n) is 8.30. The van der Waals surface area contributed by atoms with E-state index in [1.54, 1.807) is 16.7 Å².